The molecule has 2 heterocycles. The van der Waals surface area contributed by atoms with Gasteiger partial charge in [-0.15, -0.1) is 11.3 Å². The molecule has 0 spiro atoms. The van der Waals surface area contributed by atoms with Gasteiger partial charge in [-0.3, -0.25) is 4.79 Å². The number of hydrogen-bond donors (Lipinski definition) is 1. The van der Waals surface area contributed by atoms with E-state index >= 15 is 0 Å². The lowest BCUT2D eigenvalue weighted by molar-refractivity contribution is -0.120. The van der Waals surface area contributed by atoms with E-state index in [1.54, 1.807) is 11.3 Å². The minimum atomic E-state index is -0.0606. The third-order valence-electron chi connectivity index (χ3n) is 2.58. The van der Waals surface area contributed by atoms with Crippen molar-refractivity contribution in [3.63, 3.8) is 0 Å². The molecule has 0 aliphatic heterocycles. The zero-order valence-corrected chi connectivity index (χ0v) is 12.0. The minimum absolute atomic E-state index is 0.0606. The average molecular weight is 280 g/mol. The second kappa shape index (κ2) is 5.92. The van der Waals surface area contributed by atoms with Gasteiger partial charge in [-0.05, 0) is 13.8 Å². The van der Waals surface area contributed by atoms with Crippen molar-refractivity contribution < 1.29 is 9.32 Å². The first-order chi connectivity index (χ1) is 9.08. The van der Waals surface area contributed by atoms with Crippen LogP contribution in [-0.2, 0) is 24.2 Å². The molecule has 0 aromatic carbocycles. The highest BCUT2D eigenvalue weighted by atomic mass is 32.1. The van der Waals surface area contributed by atoms with Gasteiger partial charge in [0.2, 0.25) is 11.8 Å². The fourth-order valence-corrected chi connectivity index (χ4v) is 2.56. The van der Waals surface area contributed by atoms with Crippen molar-refractivity contribution in [2.45, 2.75) is 40.2 Å². The molecule has 2 aromatic heterocycles. The number of carbonyl (C=O) groups excluding carboxylic acids is 1. The number of aromatic nitrogens is 3. The summed E-state index contributed by atoms with van der Waals surface area (Å²) >= 11 is 1.55. The van der Waals surface area contributed by atoms with Crippen LogP contribution in [0.3, 0.4) is 0 Å². The van der Waals surface area contributed by atoms with E-state index in [1.807, 2.05) is 20.8 Å². The highest BCUT2D eigenvalue weighted by molar-refractivity contribution is 7.11. The summed E-state index contributed by atoms with van der Waals surface area (Å²) in [7, 11) is 0. The number of carbonyl (C=O) groups is 1. The smallest absolute Gasteiger partial charge is 0.226 e. The van der Waals surface area contributed by atoms with E-state index in [-0.39, 0.29) is 5.91 Å². The zero-order valence-electron chi connectivity index (χ0n) is 11.2. The van der Waals surface area contributed by atoms with E-state index in [1.165, 1.54) is 0 Å². The Morgan fingerprint density at radius 1 is 1.37 bits per heavy atom. The lowest BCUT2D eigenvalue weighted by atomic mass is 10.3. The van der Waals surface area contributed by atoms with Crippen LogP contribution < -0.4 is 5.32 Å². The van der Waals surface area contributed by atoms with Crippen LogP contribution in [0.25, 0.3) is 0 Å². The van der Waals surface area contributed by atoms with Crippen molar-refractivity contribution in [2.24, 2.45) is 0 Å². The summed E-state index contributed by atoms with van der Waals surface area (Å²) in [5, 5.41) is 7.53. The topological polar surface area (TPSA) is 80.9 Å². The maximum absolute atomic E-state index is 11.8. The molecule has 1 N–H and O–H groups in total. The minimum Gasteiger partial charge on any atom is -0.348 e. The number of amides is 1. The van der Waals surface area contributed by atoms with Crippen LogP contribution in [0.15, 0.2) is 4.52 Å². The fraction of sp³-hybridized carbons (Fsp3) is 0.500. The first kappa shape index (κ1) is 13.7. The van der Waals surface area contributed by atoms with E-state index in [9.17, 15) is 4.79 Å². The van der Waals surface area contributed by atoms with Gasteiger partial charge in [0.25, 0.3) is 0 Å². The number of aryl methyl sites for hydroxylation is 3. The Morgan fingerprint density at radius 2 is 2.16 bits per heavy atom. The first-order valence-electron chi connectivity index (χ1n) is 6.09. The molecule has 0 bridgehead atoms. The van der Waals surface area contributed by atoms with Crippen LogP contribution in [0.5, 0.6) is 0 Å². The van der Waals surface area contributed by atoms with Crippen LogP contribution in [0.4, 0.5) is 0 Å². The molecule has 0 fully saturated rings. The second-order valence-corrected chi connectivity index (χ2v) is 5.44. The Morgan fingerprint density at radius 3 is 2.74 bits per heavy atom. The number of nitrogens with one attached hydrogen (secondary N) is 1. The summed E-state index contributed by atoms with van der Waals surface area (Å²) in [4.78, 5) is 21.2. The Balaban J connectivity index is 1.86. The maximum atomic E-state index is 11.8. The van der Waals surface area contributed by atoms with Crippen molar-refractivity contribution in [3.05, 3.63) is 27.3 Å². The van der Waals surface area contributed by atoms with Gasteiger partial charge in [0.1, 0.15) is 0 Å². The fourth-order valence-electron chi connectivity index (χ4n) is 1.63. The van der Waals surface area contributed by atoms with Crippen molar-refractivity contribution in [2.75, 3.05) is 0 Å². The quantitative estimate of drug-likeness (QED) is 0.899. The molecule has 2 rings (SSSR count). The molecule has 0 saturated carbocycles. The van der Waals surface area contributed by atoms with E-state index in [2.05, 4.69) is 20.4 Å². The monoisotopic (exact) mass is 280 g/mol. The third-order valence-corrected chi connectivity index (χ3v) is 3.65. The molecule has 0 aliphatic rings. The molecule has 6 nitrogen and oxygen atoms in total. The Labute approximate surface area is 115 Å². The molecule has 0 unspecified atom stereocenters. The molecule has 0 atom stereocenters. The van der Waals surface area contributed by atoms with E-state index in [4.69, 9.17) is 4.52 Å². The van der Waals surface area contributed by atoms with Crippen LogP contribution in [0.1, 0.15) is 34.2 Å². The summed E-state index contributed by atoms with van der Waals surface area (Å²) < 4.78 is 4.97. The first-order valence-corrected chi connectivity index (χ1v) is 6.91. The number of thiazole rings is 1. The molecular formula is C12H16N4O2S. The Hall–Kier alpha value is -1.76. The number of rotatable bonds is 5. The van der Waals surface area contributed by atoms with Crippen molar-refractivity contribution in [3.8, 4) is 0 Å². The normalized spacial score (nSPS) is 10.7. The summed E-state index contributed by atoms with van der Waals surface area (Å²) in [6.07, 6.45) is 1.04. The summed E-state index contributed by atoms with van der Waals surface area (Å²) in [5.74, 6) is 1.02. The lowest BCUT2D eigenvalue weighted by Crippen LogP contribution is -2.25. The van der Waals surface area contributed by atoms with E-state index in [0.717, 1.165) is 15.6 Å². The highest BCUT2D eigenvalue weighted by Gasteiger charge is 2.11. The third kappa shape index (κ3) is 3.60. The standard InChI is InChI=1S/C12H16N4O2S/c1-4-12-15-10(16-18-12)6-13-11(17)5-9-7(2)14-8(3)19-9/h4-6H2,1-3H3,(H,13,17). The van der Waals surface area contributed by atoms with Crippen LogP contribution in [-0.4, -0.2) is 21.0 Å². The number of hydrogen-bond acceptors (Lipinski definition) is 6. The molecular weight excluding hydrogens is 264 g/mol. The van der Waals surface area contributed by atoms with Crippen LogP contribution in [0, 0.1) is 13.8 Å². The summed E-state index contributed by atoms with van der Waals surface area (Å²) in [6.45, 7) is 6.08. The predicted molar refractivity (Wildman–Crippen MR) is 70.8 cm³/mol. The molecule has 0 radical (unpaired) electrons. The van der Waals surface area contributed by atoms with E-state index < -0.39 is 0 Å². The van der Waals surface area contributed by atoms with Crippen molar-refractivity contribution in [1.82, 2.24) is 20.4 Å². The van der Waals surface area contributed by atoms with Gasteiger partial charge in [0.05, 0.1) is 23.7 Å². The maximum Gasteiger partial charge on any atom is 0.226 e. The molecule has 19 heavy (non-hydrogen) atoms. The lowest BCUT2D eigenvalue weighted by Gasteiger charge is -2.01. The van der Waals surface area contributed by atoms with Gasteiger partial charge in [-0.1, -0.05) is 12.1 Å². The van der Waals surface area contributed by atoms with E-state index in [0.29, 0.717) is 31.1 Å². The highest BCUT2D eigenvalue weighted by Crippen LogP contribution is 2.17. The molecule has 1 amide bonds. The summed E-state index contributed by atoms with van der Waals surface area (Å²) in [5.41, 5.74) is 0.922. The second-order valence-electron chi connectivity index (χ2n) is 4.15. The SMILES string of the molecule is CCc1nc(CNC(=O)Cc2sc(C)nc2C)no1. The zero-order chi connectivity index (χ0) is 13.8. The Bertz CT molecular complexity index is 576. The van der Waals surface area contributed by atoms with Gasteiger partial charge in [0.15, 0.2) is 5.82 Å². The molecule has 102 valence electrons. The molecule has 0 aliphatic carbocycles. The number of nitrogens with zero attached hydrogens (tertiary/aromatic N) is 3. The van der Waals surface area contributed by atoms with Gasteiger partial charge in [0, 0.05) is 11.3 Å². The van der Waals surface area contributed by atoms with Crippen LogP contribution >= 0.6 is 11.3 Å². The van der Waals surface area contributed by atoms with Crippen LogP contribution in [0.2, 0.25) is 0 Å². The van der Waals surface area contributed by atoms with Crippen molar-refractivity contribution >= 4 is 17.2 Å². The molecule has 7 heteroatoms. The van der Waals surface area contributed by atoms with Gasteiger partial charge in [-0.2, -0.15) is 4.98 Å². The Kier molecular flexibility index (Phi) is 4.26. The van der Waals surface area contributed by atoms with Gasteiger partial charge in [-0.25, -0.2) is 4.98 Å². The van der Waals surface area contributed by atoms with Gasteiger partial charge < -0.3 is 9.84 Å². The molecule has 2 aromatic rings. The summed E-state index contributed by atoms with van der Waals surface area (Å²) in [6, 6.07) is 0. The van der Waals surface area contributed by atoms with Gasteiger partial charge >= 0.3 is 0 Å². The predicted octanol–water partition coefficient (Wildman–Crippen LogP) is 1.56. The molecule has 0 saturated heterocycles. The largest absolute Gasteiger partial charge is 0.348 e. The van der Waals surface area contributed by atoms with Crippen molar-refractivity contribution in [1.29, 1.82) is 0 Å². The average Bonchev–Trinajstić information content (AvgIpc) is 2.94.